The average molecular weight is 256 g/mol. The van der Waals surface area contributed by atoms with Crippen LogP contribution in [0.4, 0.5) is 0 Å². The number of piperidine rings is 1. The minimum absolute atomic E-state index is 0.162. The predicted octanol–water partition coefficient (Wildman–Crippen LogP) is 0.882. The smallest absolute Gasteiger partial charge is 0.306 e. The number of carbonyl (C=O) groups is 2. The number of methoxy groups -OCH3 is 1. The lowest BCUT2D eigenvalue weighted by Gasteiger charge is -2.34. The molecule has 0 aliphatic carbocycles. The minimum Gasteiger partial charge on any atom is -0.469 e. The number of nitrogens with zero attached hydrogens (tertiary/aromatic N) is 2. The SMILES string of the molecule is COC(=O)CCN(C)CC(=O)N1CCCCC1C. The number of likely N-dealkylation sites (tertiary alicyclic amines) is 1. The topological polar surface area (TPSA) is 49.9 Å². The van der Waals surface area contributed by atoms with Crippen LogP contribution in [0.15, 0.2) is 0 Å². The molecule has 18 heavy (non-hydrogen) atoms. The second kappa shape index (κ2) is 7.36. The lowest BCUT2D eigenvalue weighted by molar-refractivity contribution is -0.142. The van der Waals surface area contributed by atoms with Gasteiger partial charge in [0.2, 0.25) is 5.91 Å². The molecule has 1 fully saturated rings. The third-order valence-electron chi connectivity index (χ3n) is 3.45. The molecule has 1 heterocycles. The summed E-state index contributed by atoms with van der Waals surface area (Å²) in [5.74, 6) is -0.0739. The van der Waals surface area contributed by atoms with Gasteiger partial charge in [-0.3, -0.25) is 14.5 Å². The zero-order valence-electron chi connectivity index (χ0n) is 11.6. The van der Waals surface area contributed by atoms with Crippen LogP contribution in [0.3, 0.4) is 0 Å². The summed E-state index contributed by atoms with van der Waals surface area (Å²) >= 11 is 0. The Kier molecular flexibility index (Phi) is 6.12. The molecular formula is C13H24N2O3. The van der Waals surface area contributed by atoms with E-state index in [1.54, 1.807) is 0 Å². The molecule has 104 valence electrons. The molecule has 0 aromatic heterocycles. The summed E-state index contributed by atoms with van der Waals surface area (Å²) in [7, 11) is 3.23. The Balaban J connectivity index is 2.32. The van der Waals surface area contributed by atoms with Crippen molar-refractivity contribution >= 4 is 11.9 Å². The highest BCUT2D eigenvalue weighted by molar-refractivity contribution is 5.78. The van der Waals surface area contributed by atoms with Crippen LogP contribution in [0, 0.1) is 0 Å². The molecule has 1 atom stereocenters. The van der Waals surface area contributed by atoms with Crippen molar-refractivity contribution in [1.29, 1.82) is 0 Å². The number of carbonyl (C=O) groups excluding carboxylic acids is 2. The quantitative estimate of drug-likeness (QED) is 0.685. The van der Waals surface area contributed by atoms with Gasteiger partial charge in [-0.05, 0) is 33.2 Å². The monoisotopic (exact) mass is 256 g/mol. The van der Waals surface area contributed by atoms with E-state index in [0.717, 1.165) is 19.4 Å². The van der Waals surface area contributed by atoms with E-state index in [9.17, 15) is 9.59 Å². The van der Waals surface area contributed by atoms with Gasteiger partial charge in [-0.25, -0.2) is 0 Å². The van der Waals surface area contributed by atoms with Gasteiger partial charge in [0.15, 0.2) is 0 Å². The highest BCUT2D eigenvalue weighted by Gasteiger charge is 2.23. The summed E-state index contributed by atoms with van der Waals surface area (Å²) in [6.07, 6.45) is 3.73. The van der Waals surface area contributed by atoms with Gasteiger partial charge in [0.25, 0.3) is 0 Å². The lowest BCUT2D eigenvalue weighted by Crippen LogP contribution is -2.46. The second-order valence-corrected chi connectivity index (χ2v) is 5.00. The molecule has 0 spiro atoms. The van der Waals surface area contributed by atoms with Gasteiger partial charge >= 0.3 is 5.97 Å². The molecule has 1 amide bonds. The van der Waals surface area contributed by atoms with Crippen molar-refractivity contribution in [1.82, 2.24) is 9.80 Å². The van der Waals surface area contributed by atoms with Gasteiger partial charge < -0.3 is 9.64 Å². The zero-order valence-corrected chi connectivity index (χ0v) is 11.6. The largest absolute Gasteiger partial charge is 0.469 e. The molecule has 0 aromatic carbocycles. The molecule has 1 saturated heterocycles. The van der Waals surface area contributed by atoms with E-state index in [0.29, 0.717) is 25.6 Å². The van der Waals surface area contributed by atoms with E-state index in [1.807, 2.05) is 16.8 Å². The Hall–Kier alpha value is -1.10. The van der Waals surface area contributed by atoms with Crippen molar-refractivity contribution in [3.63, 3.8) is 0 Å². The molecule has 0 N–H and O–H groups in total. The fourth-order valence-corrected chi connectivity index (χ4v) is 2.25. The zero-order chi connectivity index (χ0) is 13.5. The average Bonchev–Trinajstić information content (AvgIpc) is 2.36. The first kappa shape index (κ1) is 15.0. The maximum atomic E-state index is 12.1. The molecule has 1 aliphatic heterocycles. The summed E-state index contributed by atoms with van der Waals surface area (Å²) in [5, 5.41) is 0. The van der Waals surface area contributed by atoms with Crippen LogP contribution in [-0.2, 0) is 14.3 Å². The number of rotatable bonds is 5. The summed E-state index contributed by atoms with van der Waals surface area (Å²) in [4.78, 5) is 26.9. The molecule has 5 heteroatoms. The number of amides is 1. The molecule has 1 rings (SSSR count). The third kappa shape index (κ3) is 4.64. The number of hydrogen-bond acceptors (Lipinski definition) is 4. The normalized spacial score (nSPS) is 20.0. The molecule has 0 aromatic rings. The van der Waals surface area contributed by atoms with Crippen molar-refractivity contribution in [2.75, 3.05) is 33.8 Å². The predicted molar refractivity (Wildman–Crippen MR) is 69.2 cm³/mol. The second-order valence-electron chi connectivity index (χ2n) is 5.00. The number of esters is 1. The molecule has 1 unspecified atom stereocenters. The van der Waals surface area contributed by atoms with Crippen LogP contribution < -0.4 is 0 Å². The van der Waals surface area contributed by atoms with E-state index in [2.05, 4.69) is 11.7 Å². The van der Waals surface area contributed by atoms with Crippen molar-refractivity contribution in [3.05, 3.63) is 0 Å². The van der Waals surface area contributed by atoms with Crippen LogP contribution in [0.1, 0.15) is 32.6 Å². The van der Waals surface area contributed by atoms with Crippen molar-refractivity contribution in [2.24, 2.45) is 0 Å². The third-order valence-corrected chi connectivity index (χ3v) is 3.45. The Morgan fingerprint density at radius 1 is 1.39 bits per heavy atom. The van der Waals surface area contributed by atoms with Crippen LogP contribution in [0.2, 0.25) is 0 Å². The van der Waals surface area contributed by atoms with Crippen LogP contribution in [0.5, 0.6) is 0 Å². The van der Waals surface area contributed by atoms with Crippen molar-refractivity contribution < 1.29 is 14.3 Å². The van der Waals surface area contributed by atoms with Crippen LogP contribution in [-0.4, -0.2) is 61.5 Å². The van der Waals surface area contributed by atoms with Crippen molar-refractivity contribution in [3.8, 4) is 0 Å². The van der Waals surface area contributed by atoms with E-state index in [-0.39, 0.29) is 11.9 Å². The summed E-state index contributed by atoms with van der Waals surface area (Å²) in [6, 6.07) is 0.347. The van der Waals surface area contributed by atoms with Crippen LogP contribution >= 0.6 is 0 Å². The number of ether oxygens (including phenoxy) is 1. The van der Waals surface area contributed by atoms with Crippen LogP contribution in [0.25, 0.3) is 0 Å². The van der Waals surface area contributed by atoms with Gasteiger partial charge in [-0.1, -0.05) is 0 Å². The summed E-state index contributed by atoms with van der Waals surface area (Å²) in [6.45, 7) is 3.90. The lowest BCUT2D eigenvalue weighted by atomic mass is 10.0. The molecule has 5 nitrogen and oxygen atoms in total. The maximum absolute atomic E-state index is 12.1. The van der Waals surface area contributed by atoms with Gasteiger partial charge in [-0.2, -0.15) is 0 Å². The van der Waals surface area contributed by atoms with Gasteiger partial charge in [-0.15, -0.1) is 0 Å². The maximum Gasteiger partial charge on any atom is 0.306 e. The molecule has 1 aliphatic rings. The molecule has 0 bridgehead atoms. The van der Waals surface area contributed by atoms with Gasteiger partial charge in [0.05, 0.1) is 20.1 Å². The highest BCUT2D eigenvalue weighted by Crippen LogP contribution is 2.16. The number of hydrogen-bond donors (Lipinski definition) is 0. The van der Waals surface area contributed by atoms with Crippen molar-refractivity contribution in [2.45, 2.75) is 38.6 Å². The molecule has 0 radical (unpaired) electrons. The first-order valence-electron chi connectivity index (χ1n) is 6.59. The van der Waals surface area contributed by atoms with E-state index < -0.39 is 0 Å². The first-order valence-corrected chi connectivity index (χ1v) is 6.59. The van der Waals surface area contributed by atoms with Gasteiger partial charge in [0.1, 0.15) is 0 Å². The summed E-state index contributed by atoms with van der Waals surface area (Å²) < 4.78 is 4.58. The van der Waals surface area contributed by atoms with E-state index in [1.165, 1.54) is 13.5 Å². The minimum atomic E-state index is -0.236. The Morgan fingerprint density at radius 3 is 2.72 bits per heavy atom. The molecular weight excluding hydrogens is 232 g/mol. The Bertz CT molecular complexity index is 294. The number of likely N-dealkylation sites (N-methyl/N-ethyl adjacent to an activating group) is 1. The van der Waals surface area contributed by atoms with E-state index in [4.69, 9.17) is 0 Å². The van der Waals surface area contributed by atoms with E-state index >= 15 is 0 Å². The Morgan fingerprint density at radius 2 is 2.11 bits per heavy atom. The standard InChI is InChI=1S/C13H24N2O3/c1-11-6-4-5-8-15(11)12(16)10-14(2)9-7-13(17)18-3/h11H,4-10H2,1-3H3. The summed E-state index contributed by atoms with van der Waals surface area (Å²) in [5.41, 5.74) is 0. The first-order chi connectivity index (χ1) is 8.54. The fraction of sp³-hybridized carbons (Fsp3) is 0.846. The van der Waals surface area contributed by atoms with Gasteiger partial charge in [0, 0.05) is 19.1 Å². The Labute approximate surface area is 109 Å². The fourth-order valence-electron chi connectivity index (χ4n) is 2.25. The molecule has 0 saturated carbocycles. The highest BCUT2D eigenvalue weighted by atomic mass is 16.5.